The number of hydrogen-bond acceptors (Lipinski definition) is 2. The highest BCUT2D eigenvalue weighted by atomic mass is 16.3. The Labute approximate surface area is 99.1 Å². The lowest BCUT2D eigenvalue weighted by molar-refractivity contribution is -0.136. The van der Waals surface area contributed by atoms with Crippen molar-refractivity contribution in [1.82, 2.24) is 4.90 Å². The maximum Gasteiger partial charge on any atom is 0.228 e. The highest BCUT2D eigenvalue weighted by Crippen LogP contribution is 2.17. The molecule has 3 heteroatoms. The molecule has 1 N–H and O–H groups in total. The number of aliphatic hydroxyl groups excluding tert-OH is 1. The fourth-order valence-corrected chi connectivity index (χ4v) is 1.73. The van der Waals surface area contributed by atoms with Gasteiger partial charge in [-0.1, -0.05) is 38.7 Å². The molecular weight excluding hydrogens is 202 g/mol. The predicted octanol–water partition coefficient (Wildman–Crippen LogP) is 2.21. The zero-order valence-corrected chi connectivity index (χ0v) is 10.8. The maximum atomic E-state index is 11.8. The molecule has 1 amide bonds. The molecule has 0 heterocycles. The third-order valence-corrected chi connectivity index (χ3v) is 2.78. The first-order valence-electron chi connectivity index (χ1n) is 6.06. The number of rotatable bonds is 8. The van der Waals surface area contributed by atoms with Crippen LogP contribution >= 0.6 is 0 Å². The summed E-state index contributed by atoms with van der Waals surface area (Å²) >= 11 is 0. The smallest absolute Gasteiger partial charge is 0.228 e. The molecule has 2 unspecified atom stereocenters. The number of carbonyl (C=O) groups excluding carboxylic acids is 1. The Hall–Kier alpha value is -0.830. The van der Waals surface area contributed by atoms with Gasteiger partial charge in [-0.2, -0.15) is 0 Å². The van der Waals surface area contributed by atoms with Gasteiger partial charge >= 0.3 is 0 Å². The van der Waals surface area contributed by atoms with Gasteiger partial charge in [0.15, 0.2) is 0 Å². The number of carbonyl (C=O) groups is 1. The van der Waals surface area contributed by atoms with E-state index in [-0.39, 0.29) is 11.8 Å². The van der Waals surface area contributed by atoms with Crippen LogP contribution in [0.4, 0.5) is 0 Å². The van der Waals surface area contributed by atoms with Crippen molar-refractivity contribution in [2.45, 2.75) is 45.1 Å². The molecule has 0 aliphatic carbocycles. The van der Waals surface area contributed by atoms with E-state index in [9.17, 15) is 9.90 Å². The zero-order chi connectivity index (χ0) is 12.6. The Morgan fingerprint density at radius 1 is 1.38 bits per heavy atom. The van der Waals surface area contributed by atoms with Crippen LogP contribution < -0.4 is 0 Å². The summed E-state index contributed by atoms with van der Waals surface area (Å²) in [6.07, 6.45) is 5.94. The first kappa shape index (κ1) is 15.2. The van der Waals surface area contributed by atoms with E-state index >= 15 is 0 Å². The van der Waals surface area contributed by atoms with Crippen LogP contribution in [0.1, 0.15) is 39.0 Å². The lowest BCUT2D eigenvalue weighted by atomic mass is 9.94. The Bertz CT molecular complexity index is 214. The summed E-state index contributed by atoms with van der Waals surface area (Å²) in [5, 5.41) is 9.73. The summed E-state index contributed by atoms with van der Waals surface area (Å²) in [5.74, 6) is -0.340. The molecule has 0 aliphatic rings. The molecule has 0 rings (SSSR count). The minimum absolute atomic E-state index is 0.0103. The fraction of sp³-hybridized carbons (Fsp3) is 0.769. The van der Waals surface area contributed by atoms with E-state index in [0.29, 0.717) is 0 Å². The van der Waals surface area contributed by atoms with E-state index in [1.54, 1.807) is 14.1 Å². The molecule has 94 valence electrons. The first-order valence-corrected chi connectivity index (χ1v) is 6.06. The highest BCUT2D eigenvalue weighted by Gasteiger charge is 2.25. The Morgan fingerprint density at radius 3 is 2.44 bits per heavy atom. The maximum absolute atomic E-state index is 11.8. The predicted molar refractivity (Wildman–Crippen MR) is 67.1 cm³/mol. The van der Waals surface area contributed by atoms with Crippen LogP contribution in [0.2, 0.25) is 0 Å². The van der Waals surface area contributed by atoms with Crippen LogP contribution in [0.3, 0.4) is 0 Å². The van der Waals surface area contributed by atoms with E-state index in [2.05, 4.69) is 13.5 Å². The van der Waals surface area contributed by atoms with Gasteiger partial charge in [0.25, 0.3) is 0 Å². The second kappa shape index (κ2) is 8.34. The summed E-state index contributed by atoms with van der Waals surface area (Å²) in [7, 11) is 3.44. The lowest BCUT2D eigenvalue weighted by Crippen LogP contribution is -2.36. The molecule has 0 saturated heterocycles. The van der Waals surface area contributed by atoms with Gasteiger partial charge in [0.1, 0.15) is 0 Å². The van der Waals surface area contributed by atoms with Gasteiger partial charge < -0.3 is 10.0 Å². The van der Waals surface area contributed by atoms with Crippen LogP contribution in [0, 0.1) is 5.92 Å². The van der Waals surface area contributed by atoms with E-state index in [1.165, 1.54) is 23.8 Å². The molecule has 0 bridgehead atoms. The van der Waals surface area contributed by atoms with E-state index in [0.717, 1.165) is 19.3 Å². The topological polar surface area (TPSA) is 40.5 Å². The van der Waals surface area contributed by atoms with Crippen molar-refractivity contribution in [3.63, 3.8) is 0 Å². The minimum atomic E-state index is -0.725. The van der Waals surface area contributed by atoms with E-state index in [4.69, 9.17) is 0 Å². The second-order valence-electron chi connectivity index (χ2n) is 4.41. The minimum Gasteiger partial charge on any atom is -0.388 e. The first-order chi connectivity index (χ1) is 7.54. The number of nitrogens with zero attached hydrogens (tertiary/aromatic N) is 1. The van der Waals surface area contributed by atoms with Crippen LogP contribution in [-0.4, -0.2) is 36.1 Å². The van der Waals surface area contributed by atoms with Crippen molar-refractivity contribution in [1.29, 1.82) is 0 Å². The van der Waals surface area contributed by atoms with Gasteiger partial charge in [0, 0.05) is 14.1 Å². The average Bonchev–Trinajstić information content (AvgIpc) is 2.27. The molecule has 0 radical (unpaired) electrons. The summed E-state index contributed by atoms with van der Waals surface area (Å²) < 4.78 is 0. The summed E-state index contributed by atoms with van der Waals surface area (Å²) in [5.41, 5.74) is 0. The lowest BCUT2D eigenvalue weighted by Gasteiger charge is -2.23. The molecule has 2 atom stereocenters. The molecule has 3 nitrogen and oxygen atoms in total. The molecule has 0 aliphatic heterocycles. The largest absolute Gasteiger partial charge is 0.388 e. The summed E-state index contributed by atoms with van der Waals surface area (Å²) in [6, 6.07) is 0. The van der Waals surface area contributed by atoms with Crippen molar-refractivity contribution in [2.75, 3.05) is 14.1 Å². The number of unbranched alkanes of at least 4 members (excludes halogenated alkanes) is 3. The molecule has 0 aromatic rings. The third kappa shape index (κ3) is 5.31. The van der Waals surface area contributed by atoms with E-state index in [1.807, 2.05) is 0 Å². The third-order valence-electron chi connectivity index (χ3n) is 2.78. The molecule has 0 aromatic heterocycles. The number of aliphatic hydroxyl groups is 1. The van der Waals surface area contributed by atoms with Gasteiger partial charge in [0.2, 0.25) is 5.91 Å². The number of hydrogen-bond donors (Lipinski definition) is 1. The molecular formula is C13H25NO2. The monoisotopic (exact) mass is 227 g/mol. The second-order valence-corrected chi connectivity index (χ2v) is 4.41. The Kier molecular flexibility index (Phi) is 7.90. The molecule has 0 saturated carbocycles. The van der Waals surface area contributed by atoms with Gasteiger partial charge in [-0.15, -0.1) is 6.58 Å². The van der Waals surface area contributed by atoms with Gasteiger partial charge in [-0.3, -0.25) is 4.79 Å². The standard InChI is InChI=1S/C13H25NO2/c1-5-7-8-9-10-11(12(15)6-2)13(16)14(3)4/h6,11-12,15H,2,5,7-10H2,1,3-4H3. The highest BCUT2D eigenvalue weighted by molar-refractivity contribution is 5.79. The molecule has 16 heavy (non-hydrogen) atoms. The van der Waals surface area contributed by atoms with E-state index < -0.39 is 6.10 Å². The average molecular weight is 227 g/mol. The van der Waals surface area contributed by atoms with Crippen LogP contribution in [0.5, 0.6) is 0 Å². The SMILES string of the molecule is C=CC(O)C(CCCCCC)C(=O)N(C)C. The zero-order valence-electron chi connectivity index (χ0n) is 10.8. The molecule has 0 spiro atoms. The van der Waals surface area contributed by atoms with Gasteiger partial charge in [-0.05, 0) is 6.42 Å². The molecule has 0 aromatic carbocycles. The van der Waals surface area contributed by atoms with Crippen molar-refractivity contribution >= 4 is 5.91 Å². The van der Waals surface area contributed by atoms with Crippen LogP contribution in [0.15, 0.2) is 12.7 Å². The Morgan fingerprint density at radius 2 is 2.00 bits per heavy atom. The van der Waals surface area contributed by atoms with Gasteiger partial charge in [0.05, 0.1) is 12.0 Å². The van der Waals surface area contributed by atoms with Crippen molar-refractivity contribution in [3.05, 3.63) is 12.7 Å². The number of amides is 1. The quantitative estimate of drug-likeness (QED) is 0.510. The van der Waals surface area contributed by atoms with Crippen molar-refractivity contribution in [3.8, 4) is 0 Å². The van der Waals surface area contributed by atoms with Crippen LogP contribution in [-0.2, 0) is 4.79 Å². The fourth-order valence-electron chi connectivity index (χ4n) is 1.73. The van der Waals surface area contributed by atoms with Crippen molar-refractivity contribution < 1.29 is 9.90 Å². The van der Waals surface area contributed by atoms with Gasteiger partial charge in [-0.25, -0.2) is 0 Å². The van der Waals surface area contributed by atoms with Crippen molar-refractivity contribution in [2.24, 2.45) is 5.92 Å². The molecule has 0 fully saturated rings. The summed E-state index contributed by atoms with van der Waals surface area (Å²) in [6.45, 7) is 5.70. The Balaban J connectivity index is 4.21. The summed E-state index contributed by atoms with van der Waals surface area (Å²) in [4.78, 5) is 13.4. The normalized spacial score (nSPS) is 14.2. The van der Waals surface area contributed by atoms with Crippen LogP contribution in [0.25, 0.3) is 0 Å².